The Hall–Kier alpha value is -3.38. The molecule has 2 heterocycles. The minimum Gasteiger partial charge on any atom is -0.454 e. The molecule has 1 amide bonds. The zero-order valence-corrected chi connectivity index (χ0v) is 16.4. The molecule has 0 saturated carbocycles. The van der Waals surface area contributed by atoms with Crippen molar-refractivity contribution in [2.75, 3.05) is 12.1 Å². The lowest BCUT2D eigenvalue weighted by atomic mass is 10.1. The van der Waals surface area contributed by atoms with Crippen LogP contribution in [0.2, 0.25) is 0 Å². The van der Waals surface area contributed by atoms with Gasteiger partial charge in [-0.2, -0.15) is 0 Å². The van der Waals surface area contributed by atoms with Crippen molar-refractivity contribution in [1.29, 1.82) is 0 Å². The van der Waals surface area contributed by atoms with Gasteiger partial charge in [-0.3, -0.25) is 4.79 Å². The molecular weight excluding hydrogens is 384 g/mol. The van der Waals surface area contributed by atoms with E-state index in [2.05, 4.69) is 11.4 Å². The average molecular weight is 402 g/mol. The summed E-state index contributed by atoms with van der Waals surface area (Å²) in [6.45, 7) is 0.252. The number of hydrogen-bond donors (Lipinski definition) is 1. The molecule has 1 aliphatic heterocycles. The summed E-state index contributed by atoms with van der Waals surface area (Å²) < 4.78 is 11.9. The van der Waals surface area contributed by atoms with Crippen LogP contribution < -0.4 is 14.8 Å². The summed E-state index contributed by atoms with van der Waals surface area (Å²) in [4.78, 5) is 17.3. The molecule has 1 aromatic heterocycles. The topological polar surface area (TPSA) is 60.5 Å². The Morgan fingerprint density at radius 1 is 1.00 bits per heavy atom. The second kappa shape index (κ2) is 7.56. The van der Waals surface area contributed by atoms with E-state index in [4.69, 9.17) is 14.5 Å². The van der Waals surface area contributed by atoms with E-state index >= 15 is 0 Å². The van der Waals surface area contributed by atoms with Gasteiger partial charge in [0.15, 0.2) is 11.5 Å². The number of ether oxygens (including phenoxy) is 2. The molecule has 5 nitrogen and oxygen atoms in total. The molecule has 144 valence electrons. The number of carbonyl (C=O) groups is 1. The highest BCUT2D eigenvalue weighted by Gasteiger charge is 2.15. The van der Waals surface area contributed by atoms with Gasteiger partial charge in [-0.15, -0.1) is 11.3 Å². The highest BCUT2D eigenvalue weighted by molar-refractivity contribution is 7.21. The van der Waals surface area contributed by atoms with Gasteiger partial charge in [0, 0.05) is 12.0 Å². The molecule has 0 aliphatic carbocycles. The third kappa shape index (κ3) is 3.67. The molecule has 29 heavy (non-hydrogen) atoms. The van der Waals surface area contributed by atoms with Crippen molar-refractivity contribution in [1.82, 2.24) is 4.98 Å². The van der Waals surface area contributed by atoms with E-state index in [9.17, 15) is 4.79 Å². The van der Waals surface area contributed by atoms with Crippen LogP contribution in [-0.4, -0.2) is 17.7 Å². The van der Waals surface area contributed by atoms with Crippen molar-refractivity contribution in [3.63, 3.8) is 0 Å². The SMILES string of the molecule is O=C(CCc1ccc2c(c1)OCO2)Nc1ccccc1-c1nc2ccccc2s1. The van der Waals surface area contributed by atoms with Gasteiger partial charge in [-0.25, -0.2) is 4.98 Å². The van der Waals surface area contributed by atoms with Crippen LogP contribution >= 0.6 is 11.3 Å². The van der Waals surface area contributed by atoms with E-state index in [1.807, 2.05) is 60.7 Å². The van der Waals surface area contributed by atoms with Gasteiger partial charge in [0.2, 0.25) is 12.7 Å². The molecule has 0 atom stereocenters. The predicted octanol–water partition coefficient (Wildman–Crippen LogP) is 5.26. The monoisotopic (exact) mass is 402 g/mol. The van der Waals surface area contributed by atoms with Crippen LogP contribution in [0.15, 0.2) is 66.7 Å². The zero-order valence-electron chi connectivity index (χ0n) is 15.6. The fourth-order valence-electron chi connectivity index (χ4n) is 3.33. The summed E-state index contributed by atoms with van der Waals surface area (Å²) in [6.07, 6.45) is 1.01. The number of amides is 1. The number of benzene rings is 3. The first-order chi connectivity index (χ1) is 14.3. The minimum absolute atomic E-state index is 0.0313. The first-order valence-corrected chi connectivity index (χ1v) is 10.2. The zero-order chi connectivity index (χ0) is 19.6. The van der Waals surface area contributed by atoms with Crippen LogP contribution in [0.5, 0.6) is 11.5 Å². The van der Waals surface area contributed by atoms with E-state index < -0.39 is 0 Å². The predicted molar refractivity (Wildman–Crippen MR) is 115 cm³/mol. The van der Waals surface area contributed by atoms with Crippen LogP contribution in [-0.2, 0) is 11.2 Å². The molecule has 6 heteroatoms. The Morgan fingerprint density at radius 3 is 2.76 bits per heavy atom. The van der Waals surface area contributed by atoms with Crippen LogP contribution in [0.3, 0.4) is 0 Å². The number of carbonyl (C=O) groups excluding carboxylic acids is 1. The highest BCUT2D eigenvalue weighted by atomic mass is 32.1. The number of aryl methyl sites for hydroxylation is 1. The van der Waals surface area contributed by atoms with Crippen molar-refractivity contribution in [3.05, 3.63) is 72.3 Å². The fourth-order valence-corrected chi connectivity index (χ4v) is 4.34. The van der Waals surface area contributed by atoms with Crippen LogP contribution in [0, 0.1) is 0 Å². The van der Waals surface area contributed by atoms with Crippen LogP contribution in [0.1, 0.15) is 12.0 Å². The molecule has 3 aromatic carbocycles. The number of thiazole rings is 1. The maximum Gasteiger partial charge on any atom is 0.231 e. The van der Waals surface area contributed by atoms with Gasteiger partial charge in [0.1, 0.15) is 5.01 Å². The largest absolute Gasteiger partial charge is 0.454 e. The van der Waals surface area contributed by atoms with Gasteiger partial charge < -0.3 is 14.8 Å². The van der Waals surface area contributed by atoms with E-state index in [0.717, 1.165) is 43.5 Å². The molecule has 0 spiro atoms. The minimum atomic E-state index is -0.0313. The quantitative estimate of drug-likeness (QED) is 0.494. The molecule has 0 saturated heterocycles. The van der Waals surface area contributed by atoms with E-state index in [1.165, 1.54) is 0 Å². The summed E-state index contributed by atoms with van der Waals surface area (Å²) in [5.74, 6) is 1.46. The highest BCUT2D eigenvalue weighted by Crippen LogP contribution is 2.35. The van der Waals surface area contributed by atoms with E-state index in [-0.39, 0.29) is 12.7 Å². The van der Waals surface area contributed by atoms with Crippen molar-refractivity contribution in [2.45, 2.75) is 12.8 Å². The molecular formula is C23H18N2O3S. The van der Waals surface area contributed by atoms with Crippen molar-refractivity contribution >= 4 is 33.1 Å². The molecule has 0 bridgehead atoms. The smallest absolute Gasteiger partial charge is 0.231 e. The first kappa shape index (κ1) is 17.7. The second-order valence-electron chi connectivity index (χ2n) is 6.77. The number of nitrogens with one attached hydrogen (secondary N) is 1. The molecule has 1 N–H and O–H groups in total. The summed E-state index contributed by atoms with van der Waals surface area (Å²) in [5.41, 5.74) is 3.73. The number of nitrogens with zero attached hydrogens (tertiary/aromatic N) is 1. The number of hydrogen-bond acceptors (Lipinski definition) is 5. The lowest BCUT2D eigenvalue weighted by Gasteiger charge is -2.09. The summed E-state index contributed by atoms with van der Waals surface area (Å²) in [6, 6.07) is 21.6. The molecule has 0 fully saturated rings. The maximum atomic E-state index is 12.6. The number of para-hydroxylation sites is 2. The Bertz CT molecular complexity index is 1170. The normalized spacial score (nSPS) is 12.3. The van der Waals surface area contributed by atoms with Gasteiger partial charge in [0.25, 0.3) is 0 Å². The molecule has 0 radical (unpaired) electrons. The standard InChI is InChI=1S/C23H18N2O3S/c26-22(12-10-15-9-11-19-20(13-15)28-14-27-19)24-17-6-2-1-5-16(17)23-25-18-7-3-4-8-21(18)29-23/h1-9,11,13H,10,12,14H2,(H,24,26). The Kier molecular flexibility index (Phi) is 4.62. The third-order valence-corrected chi connectivity index (χ3v) is 5.87. The second-order valence-corrected chi connectivity index (χ2v) is 7.80. The third-order valence-electron chi connectivity index (χ3n) is 4.80. The van der Waals surface area contributed by atoms with E-state index in [0.29, 0.717) is 12.8 Å². The van der Waals surface area contributed by atoms with Gasteiger partial charge in [-0.1, -0.05) is 30.3 Å². The first-order valence-electron chi connectivity index (χ1n) is 9.40. The molecule has 1 aliphatic rings. The summed E-state index contributed by atoms with van der Waals surface area (Å²) in [7, 11) is 0. The Labute approximate surface area is 171 Å². The maximum absolute atomic E-state index is 12.6. The Morgan fingerprint density at radius 2 is 1.83 bits per heavy atom. The van der Waals surface area contributed by atoms with Crippen molar-refractivity contribution in [2.24, 2.45) is 0 Å². The lowest BCUT2D eigenvalue weighted by Crippen LogP contribution is -2.13. The summed E-state index contributed by atoms with van der Waals surface area (Å²) in [5, 5.41) is 3.95. The van der Waals surface area contributed by atoms with Crippen molar-refractivity contribution < 1.29 is 14.3 Å². The average Bonchev–Trinajstić information content (AvgIpc) is 3.39. The number of fused-ring (bicyclic) bond motifs is 2. The fraction of sp³-hybridized carbons (Fsp3) is 0.130. The Balaban J connectivity index is 1.31. The van der Waals surface area contributed by atoms with Gasteiger partial charge in [-0.05, 0) is 48.4 Å². The molecule has 4 aromatic rings. The summed E-state index contributed by atoms with van der Waals surface area (Å²) >= 11 is 1.63. The molecule has 0 unspecified atom stereocenters. The lowest BCUT2D eigenvalue weighted by molar-refractivity contribution is -0.116. The molecule has 5 rings (SSSR count). The van der Waals surface area contributed by atoms with Gasteiger partial charge >= 0.3 is 0 Å². The van der Waals surface area contributed by atoms with E-state index in [1.54, 1.807) is 11.3 Å². The number of aromatic nitrogens is 1. The van der Waals surface area contributed by atoms with Crippen LogP contribution in [0.25, 0.3) is 20.8 Å². The van der Waals surface area contributed by atoms with Crippen molar-refractivity contribution in [3.8, 4) is 22.1 Å². The van der Waals surface area contributed by atoms with Crippen LogP contribution in [0.4, 0.5) is 5.69 Å². The number of rotatable bonds is 5. The number of anilines is 1. The van der Waals surface area contributed by atoms with Gasteiger partial charge in [0.05, 0.1) is 15.9 Å².